The van der Waals surface area contributed by atoms with Gasteiger partial charge in [0.2, 0.25) is 11.8 Å². The van der Waals surface area contributed by atoms with Gasteiger partial charge in [0.05, 0.1) is 12.8 Å². The predicted octanol–water partition coefficient (Wildman–Crippen LogP) is 5.04. The Kier molecular flexibility index (Phi) is 7.59. The topological polar surface area (TPSA) is 71.0 Å². The number of nitrogens with zero attached hydrogens (tertiary/aromatic N) is 2. The summed E-state index contributed by atoms with van der Waals surface area (Å²) in [7, 11) is 1.56. The molecule has 0 radical (unpaired) electrons. The number of ether oxygens (including phenoxy) is 1. The van der Waals surface area contributed by atoms with E-state index >= 15 is 0 Å². The third-order valence-electron chi connectivity index (χ3n) is 5.26. The average Bonchev–Trinajstić information content (AvgIpc) is 3.13. The summed E-state index contributed by atoms with van der Waals surface area (Å²) in [5.41, 5.74) is 2.25. The van der Waals surface area contributed by atoms with Gasteiger partial charge < -0.3 is 10.1 Å². The Hall–Kier alpha value is -3.65. The van der Waals surface area contributed by atoms with Crippen molar-refractivity contribution in [3.63, 3.8) is 0 Å². The van der Waals surface area contributed by atoms with Gasteiger partial charge in [-0.3, -0.25) is 14.5 Å². The minimum atomic E-state index is -0.582. The van der Waals surface area contributed by atoms with E-state index in [9.17, 15) is 14.0 Å². The summed E-state index contributed by atoms with van der Waals surface area (Å²) in [4.78, 5) is 32.2. The van der Waals surface area contributed by atoms with Gasteiger partial charge in [-0.05, 0) is 48.4 Å². The van der Waals surface area contributed by atoms with Crippen LogP contribution < -0.4 is 10.1 Å². The summed E-state index contributed by atoms with van der Waals surface area (Å²) >= 11 is 1.29. The van der Waals surface area contributed by atoms with Gasteiger partial charge in [0.1, 0.15) is 16.8 Å². The first-order chi connectivity index (χ1) is 16.5. The number of carbonyl (C=O) groups is 2. The molecule has 3 aromatic carbocycles. The van der Waals surface area contributed by atoms with Gasteiger partial charge in [-0.1, -0.05) is 48.2 Å². The molecule has 3 aromatic rings. The molecule has 0 saturated carbocycles. The molecule has 1 heterocycles. The molecule has 1 N–H and O–H groups in total. The summed E-state index contributed by atoms with van der Waals surface area (Å²) in [5, 5.41) is 2.80. The van der Waals surface area contributed by atoms with Crippen molar-refractivity contribution in [3.8, 4) is 5.75 Å². The van der Waals surface area contributed by atoms with Crippen LogP contribution in [-0.2, 0) is 16.0 Å². The fourth-order valence-corrected chi connectivity index (χ4v) is 4.70. The van der Waals surface area contributed by atoms with Gasteiger partial charge in [-0.15, -0.1) is 0 Å². The third kappa shape index (κ3) is 6.02. The fourth-order valence-electron chi connectivity index (χ4n) is 3.52. The zero-order valence-electron chi connectivity index (χ0n) is 18.6. The first-order valence-corrected chi connectivity index (χ1v) is 11.7. The molecule has 4 rings (SSSR count). The molecule has 1 unspecified atom stereocenters. The van der Waals surface area contributed by atoms with Gasteiger partial charge in [-0.25, -0.2) is 9.38 Å². The highest BCUT2D eigenvalue weighted by Gasteiger charge is 2.39. The molecule has 0 aliphatic carbocycles. The van der Waals surface area contributed by atoms with Crippen molar-refractivity contribution >= 4 is 40.1 Å². The van der Waals surface area contributed by atoms with E-state index < -0.39 is 5.25 Å². The number of para-hydroxylation sites is 1. The number of methoxy groups -OCH3 is 1. The van der Waals surface area contributed by atoms with Crippen molar-refractivity contribution in [2.45, 2.75) is 18.1 Å². The van der Waals surface area contributed by atoms with E-state index in [0.717, 1.165) is 11.3 Å². The number of benzene rings is 3. The van der Waals surface area contributed by atoms with Crippen molar-refractivity contribution in [3.05, 3.63) is 90.2 Å². The molecule has 0 bridgehead atoms. The van der Waals surface area contributed by atoms with Crippen molar-refractivity contribution in [1.29, 1.82) is 0 Å². The fraction of sp³-hybridized carbons (Fsp3) is 0.192. The number of halogens is 1. The van der Waals surface area contributed by atoms with Crippen molar-refractivity contribution < 1.29 is 18.7 Å². The second kappa shape index (κ2) is 11.0. The van der Waals surface area contributed by atoms with Crippen LogP contribution in [0.3, 0.4) is 0 Å². The Bertz CT molecular complexity index is 1190. The van der Waals surface area contributed by atoms with Gasteiger partial charge in [0.15, 0.2) is 5.17 Å². The Morgan fingerprint density at radius 3 is 2.59 bits per heavy atom. The van der Waals surface area contributed by atoms with Crippen LogP contribution in [-0.4, -0.2) is 40.8 Å². The van der Waals surface area contributed by atoms with Crippen LogP contribution in [0.2, 0.25) is 0 Å². The first kappa shape index (κ1) is 23.5. The molecule has 6 nitrogen and oxygen atoms in total. The molecule has 0 aromatic heterocycles. The van der Waals surface area contributed by atoms with Gasteiger partial charge in [0, 0.05) is 24.7 Å². The zero-order chi connectivity index (χ0) is 23.9. The Labute approximate surface area is 201 Å². The number of carbonyl (C=O) groups excluding carboxylic acids is 2. The maximum Gasteiger partial charge on any atom is 0.242 e. The molecule has 1 atom stereocenters. The van der Waals surface area contributed by atoms with Crippen LogP contribution in [0.25, 0.3) is 0 Å². The number of aliphatic imine (C=N–C) groups is 1. The number of thioether (sulfide) groups is 1. The lowest BCUT2D eigenvalue weighted by atomic mass is 10.1. The van der Waals surface area contributed by atoms with Crippen LogP contribution in [0, 0.1) is 5.82 Å². The van der Waals surface area contributed by atoms with E-state index in [1.54, 1.807) is 48.4 Å². The second-order valence-electron chi connectivity index (χ2n) is 7.69. The Morgan fingerprint density at radius 2 is 1.85 bits per heavy atom. The molecule has 1 aliphatic heterocycles. The van der Waals surface area contributed by atoms with Crippen LogP contribution in [0.15, 0.2) is 83.9 Å². The summed E-state index contributed by atoms with van der Waals surface area (Å²) in [6.45, 7) is 0.386. The van der Waals surface area contributed by atoms with E-state index in [4.69, 9.17) is 4.74 Å². The number of hydrogen-bond acceptors (Lipinski definition) is 5. The minimum Gasteiger partial charge on any atom is -0.497 e. The summed E-state index contributed by atoms with van der Waals surface area (Å²) in [5.74, 6) is -0.0977. The molecule has 1 aliphatic rings. The van der Waals surface area contributed by atoms with Crippen LogP contribution in [0.1, 0.15) is 12.0 Å². The monoisotopic (exact) mass is 477 g/mol. The van der Waals surface area contributed by atoms with Crippen LogP contribution in [0.5, 0.6) is 5.75 Å². The average molecular weight is 478 g/mol. The number of nitrogens with one attached hydrogen (secondary N) is 1. The number of rotatable bonds is 8. The molecule has 2 amide bonds. The van der Waals surface area contributed by atoms with Gasteiger partial charge in [0.25, 0.3) is 0 Å². The van der Waals surface area contributed by atoms with Crippen molar-refractivity contribution in [2.24, 2.45) is 4.99 Å². The highest BCUT2D eigenvalue weighted by atomic mass is 32.2. The first-order valence-electron chi connectivity index (χ1n) is 10.8. The second-order valence-corrected chi connectivity index (χ2v) is 8.86. The largest absolute Gasteiger partial charge is 0.497 e. The van der Waals surface area contributed by atoms with Crippen LogP contribution in [0.4, 0.5) is 15.8 Å². The normalized spacial score (nSPS) is 16.6. The van der Waals surface area contributed by atoms with E-state index in [-0.39, 0.29) is 24.1 Å². The molecular formula is C26H24FN3O3S. The van der Waals surface area contributed by atoms with E-state index in [1.165, 1.54) is 23.9 Å². The molecule has 8 heteroatoms. The zero-order valence-corrected chi connectivity index (χ0v) is 19.4. The molecule has 0 spiro atoms. The van der Waals surface area contributed by atoms with Gasteiger partial charge in [-0.2, -0.15) is 0 Å². The maximum atomic E-state index is 13.2. The number of amides is 2. The van der Waals surface area contributed by atoms with E-state index in [0.29, 0.717) is 29.6 Å². The highest BCUT2D eigenvalue weighted by Crippen LogP contribution is 2.32. The maximum absolute atomic E-state index is 13.2. The number of hydrogen-bond donors (Lipinski definition) is 1. The highest BCUT2D eigenvalue weighted by molar-refractivity contribution is 8.15. The molecular weight excluding hydrogens is 453 g/mol. The Balaban J connectivity index is 1.48. The lowest BCUT2D eigenvalue weighted by Gasteiger charge is -2.16. The van der Waals surface area contributed by atoms with Crippen LogP contribution >= 0.6 is 11.8 Å². The standard InChI is InChI=1S/C26H24FN3O3S/c1-33-22-9-5-8-21(16-22)28-24(31)17-23-25(32)30(15-14-18-10-12-19(27)13-11-18)26(34-23)29-20-6-3-2-4-7-20/h2-13,16,23H,14-15,17H2,1H3,(H,28,31). The smallest absolute Gasteiger partial charge is 0.242 e. The molecule has 34 heavy (non-hydrogen) atoms. The number of amidine groups is 1. The quantitative estimate of drug-likeness (QED) is 0.494. The molecule has 174 valence electrons. The summed E-state index contributed by atoms with van der Waals surface area (Å²) in [6, 6.07) is 22.6. The van der Waals surface area contributed by atoms with Gasteiger partial charge >= 0.3 is 0 Å². The van der Waals surface area contributed by atoms with Crippen molar-refractivity contribution in [1.82, 2.24) is 4.90 Å². The van der Waals surface area contributed by atoms with E-state index in [2.05, 4.69) is 10.3 Å². The van der Waals surface area contributed by atoms with Crippen molar-refractivity contribution in [2.75, 3.05) is 19.0 Å². The molecule has 1 saturated heterocycles. The lowest BCUT2D eigenvalue weighted by molar-refractivity contribution is -0.128. The lowest BCUT2D eigenvalue weighted by Crippen LogP contribution is -2.35. The minimum absolute atomic E-state index is 0.0154. The summed E-state index contributed by atoms with van der Waals surface area (Å²) in [6.07, 6.45) is 0.560. The Morgan fingerprint density at radius 1 is 1.09 bits per heavy atom. The summed E-state index contributed by atoms with van der Waals surface area (Å²) < 4.78 is 18.4. The molecule has 1 fully saturated rings. The SMILES string of the molecule is COc1cccc(NC(=O)CC2SC(=Nc3ccccc3)N(CCc3ccc(F)cc3)C2=O)c1. The van der Waals surface area contributed by atoms with E-state index in [1.807, 2.05) is 30.3 Å². The third-order valence-corrected chi connectivity index (χ3v) is 6.44. The number of anilines is 1. The predicted molar refractivity (Wildman–Crippen MR) is 133 cm³/mol.